The lowest BCUT2D eigenvalue weighted by atomic mass is 9.45. The standard InChI is InChI=1S/C16H30N2O3/c1-12-7-15(4)9-14(3,5-6-17)10-16(8-12,11-15)13(2)21-18(19)20/h12-13H,5-11,17H2,1-4H3. The van der Waals surface area contributed by atoms with E-state index in [0.29, 0.717) is 12.5 Å². The van der Waals surface area contributed by atoms with Gasteiger partial charge in [-0.1, -0.05) is 20.8 Å². The van der Waals surface area contributed by atoms with Crippen LogP contribution in [0.3, 0.4) is 0 Å². The molecule has 0 heterocycles. The summed E-state index contributed by atoms with van der Waals surface area (Å²) in [5, 5.41) is 10.2. The zero-order chi connectivity index (χ0) is 15.9. The molecule has 0 aromatic heterocycles. The van der Waals surface area contributed by atoms with Crippen LogP contribution in [-0.4, -0.2) is 17.7 Å². The minimum Gasteiger partial charge on any atom is -0.330 e. The average Bonchev–Trinajstić information content (AvgIpc) is 2.23. The van der Waals surface area contributed by atoms with Crippen LogP contribution < -0.4 is 5.73 Å². The highest BCUT2D eigenvalue weighted by Gasteiger charge is 2.56. The summed E-state index contributed by atoms with van der Waals surface area (Å²) in [6.07, 6.45) is 6.09. The molecule has 0 aromatic carbocycles. The zero-order valence-corrected chi connectivity index (χ0v) is 13.9. The number of hydrogen-bond acceptors (Lipinski definition) is 4. The van der Waals surface area contributed by atoms with Gasteiger partial charge in [-0.25, -0.2) is 0 Å². The minimum absolute atomic E-state index is 0.0817. The predicted octanol–water partition coefficient (Wildman–Crippen LogP) is 3.54. The smallest absolute Gasteiger partial charge is 0.294 e. The first-order valence-corrected chi connectivity index (χ1v) is 8.13. The van der Waals surface area contributed by atoms with Crippen LogP contribution in [0.1, 0.15) is 66.2 Å². The maximum Gasteiger partial charge on any atom is 0.294 e. The molecule has 2 fully saturated rings. The lowest BCUT2D eigenvalue weighted by Crippen LogP contribution is -2.54. The lowest BCUT2D eigenvalue weighted by molar-refractivity contribution is -0.772. The Morgan fingerprint density at radius 1 is 1.33 bits per heavy atom. The molecule has 122 valence electrons. The van der Waals surface area contributed by atoms with Crippen LogP contribution in [0, 0.1) is 32.3 Å². The normalized spacial score (nSPS) is 44.1. The second-order valence-corrected chi connectivity index (χ2v) is 8.54. The molecule has 0 spiro atoms. The van der Waals surface area contributed by atoms with Crippen LogP contribution >= 0.6 is 0 Å². The van der Waals surface area contributed by atoms with Gasteiger partial charge in [0.1, 0.15) is 6.10 Å². The molecular formula is C16H30N2O3. The van der Waals surface area contributed by atoms with Crippen LogP contribution in [0.2, 0.25) is 0 Å². The van der Waals surface area contributed by atoms with Gasteiger partial charge in [0.25, 0.3) is 5.09 Å². The molecule has 2 rings (SSSR count). The average molecular weight is 298 g/mol. The molecule has 0 aliphatic heterocycles. The maximum absolute atomic E-state index is 10.8. The van der Waals surface area contributed by atoms with Crippen LogP contribution in [0.5, 0.6) is 0 Å². The van der Waals surface area contributed by atoms with E-state index in [-0.39, 0.29) is 22.3 Å². The van der Waals surface area contributed by atoms with E-state index in [4.69, 9.17) is 10.6 Å². The summed E-state index contributed by atoms with van der Waals surface area (Å²) < 4.78 is 0. The molecule has 0 radical (unpaired) electrons. The van der Waals surface area contributed by atoms with Gasteiger partial charge in [0, 0.05) is 0 Å². The fraction of sp³-hybridized carbons (Fsp3) is 1.00. The monoisotopic (exact) mass is 298 g/mol. The van der Waals surface area contributed by atoms with E-state index in [1.165, 1.54) is 12.8 Å². The summed E-state index contributed by atoms with van der Waals surface area (Å²) in [6, 6.07) is 0. The number of nitrogens with zero attached hydrogens (tertiary/aromatic N) is 1. The van der Waals surface area contributed by atoms with Crippen molar-refractivity contribution in [2.75, 3.05) is 6.54 Å². The van der Waals surface area contributed by atoms with Gasteiger partial charge in [-0.2, -0.15) is 0 Å². The molecular weight excluding hydrogens is 268 g/mol. The van der Waals surface area contributed by atoms with Crippen LogP contribution in [0.4, 0.5) is 0 Å². The summed E-state index contributed by atoms with van der Waals surface area (Å²) in [4.78, 5) is 15.8. The van der Waals surface area contributed by atoms with Gasteiger partial charge in [0.2, 0.25) is 0 Å². The van der Waals surface area contributed by atoms with E-state index in [9.17, 15) is 10.1 Å². The second kappa shape index (κ2) is 5.41. The molecule has 0 aromatic rings. The van der Waals surface area contributed by atoms with Crippen LogP contribution in [0.15, 0.2) is 0 Å². The fourth-order valence-corrected chi connectivity index (χ4v) is 6.03. The number of rotatable bonds is 5. The van der Waals surface area contributed by atoms with Gasteiger partial charge in [0.15, 0.2) is 0 Å². The van der Waals surface area contributed by atoms with Crippen molar-refractivity contribution in [1.29, 1.82) is 0 Å². The summed E-state index contributed by atoms with van der Waals surface area (Å²) >= 11 is 0. The van der Waals surface area contributed by atoms with E-state index in [1.54, 1.807) is 0 Å². The Hall–Kier alpha value is -0.840. The fourth-order valence-electron chi connectivity index (χ4n) is 6.03. The highest BCUT2D eigenvalue weighted by Crippen LogP contribution is 2.64. The third-order valence-electron chi connectivity index (χ3n) is 5.86. The Bertz CT molecular complexity index is 414. The van der Waals surface area contributed by atoms with Crippen molar-refractivity contribution < 1.29 is 9.92 Å². The van der Waals surface area contributed by atoms with Crippen molar-refractivity contribution in [3.8, 4) is 0 Å². The van der Waals surface area contributed by atoms with Gasteiger partial charge in [-0.05, 0) is 74.2 Å². The van der Waals surface area contributed by atoms with Gasteiger partial charge < -0.3 is 10.6 Å². The van der Waals surface area contributed by atoms with Crippen LogP contribution in [-0.2, 0) is 4.84 Å². The van der Waals surface area contributed by atoms with Crippen LogP contribution in [0.25, 0.3) is 0 Å². The topological polar surface area (TPSA) is 78.4 Å². The number of hydrogen-bond donors (Lipinski definition) is 1. The molecule has 2 saturated carbocycles. The Balaban J connectivity index is 2.33. The first kappa shape index (κ1) is 16.5. The molecule has 5 unspecified atom stereocenters. The lowest BCUT2D eigenvalue weighted by Gasteiger charge is -2.60. The van der Waals surface area contributed by atoms with Crippen molar-refractivity contribution in [3.63, 3.8) is 0 Å². The van der Waals surface area contributed by atoms with E-state index in [1.807, 2.05) is 6.92 Å². The molecule has 5 atom stereocenters. The molecule has 2 bridgehead atoms. The highest BCUT2D eigenvalue weighted by molar-refractivity contribution is 5.06. The molecule has 5 heteroatoms. The van der Waals surface area contributed by atoms with E-state index < -0.39 is 5.09 Å². The Morgan fingerprint density at radius 3 is 2.57 bits per heavy atom. The third kappa shape index (κ3) is 3.33. The van der Waals surface area contributed by atoms with Gasteiger partial charge in [0.05, 0.1) is 0 Å². The largest absolute Gasteiger partial charge is 0.330 e. The zero-order valence-electron chi connectivity index (χ0n) is 13.9. The second-order valence-electron chi connectivity index (χ2n) is 8.54. The van der Waals surface area contributed by atoms with Crippen molar-refractivity contribution in [2.24, 2.45) is 27.9 Å². The van der Waals surface area contributed by atoms with E-state index >= 15 is 0 Å². The van der Waals surface area contributed by atoms with Crippen molar-refractivity contribution in [3.05, 3.63) is 10.1 Å². The summed E-state index contributed by atoms with van der Waals surface area (Å²) in [5.41, 5.74) is 6.18. The highest BCUT2D eigenvalue weighted by atomic mass is 17.0. The van der Waals surface area contributed by atoms with E-state index in [0.717, 1.165) is 25.7 Å². The van der Waals surface area contributed by atoms with Gasteiger partial charge in [-0.3, -0.25) is 0 Å². The van der Waals surface area contributed by atoms with Gasteiger partial charge in [-0.15, -0.1) is 10.1 Å². The molecule has 21 heavy (non-hydrogen) atoms. The Labute approximate surface area is 127 Å². The molecule has 2 aliphatic carbocycles. The molecule has 2 aliphatic rings. The summed E-state index contributed by atoms with van der Waals surface area (Å²) in [7, 11) is 0. The SMILES string of the molecule is CC1CC2(C)CC(C)(CCN)CC(C(C)O[N+](=O)[O-])(C1)C2. The van der Waals surface area contributed by atoms with Crippen molar-refractivity contribution in [2.45, 2.75) is 72.3 Å². The third-order valence-corrected chi connectivity index (χ3v) is 5.86. The molecule has 2 N–H and O–H groups in total. The number of nitrogens with two attached hydrogens (primary N) is 1. The Morgan fingerprint density at radius 2 is 2.00 bits per heavy atom. The first-order valence-electron chi connectivity index (χ1n) is 8.13. The summed E-state index contributed by atoms with van der Waals surface area (Å²) in [5.74, 6) is 0.601. The predicted molar refractivity (Wildman–Crippen MR) is 82.1 cm³/mol. The molecule has 0 amide bonds. The van der Waals surface area contributed by atoms with E-state index in [2.05, 4.69) is 20.8 Å². The molecule has 5 nitrogen and oxygen atoms in total. The first-order chi connectivity index (χ1) is 9.62. The summed E-state index contributed by atoms with van der Waals surface area (Å²) in [6.45, 7) is 9.50. The van der Waals surface area contributed by atoms with Crippen molar-refractivity contribution >= 4 is 0 Å². The Kier molecular flexibility index (Phi) is 4.26. The number of fused-ring (bicyclic) bond motifs is 2. The van der Waals surface area contributed by atoms with Crippen molar-refractivity contribution in [1.82, 2.24) is 0 Å². The van der Waals surface area contributed by atoms with Gasteiger partial charge >= 0.3 is 0 Å². The maximum atomic E-state index is 10.8. The quantitative estimate of drug-likeness (QED) is 0.622. The molecule has 0 saturated heterocycles. The minimum atomic E-state index is -0.620.